The minimum Gasteiger partial charge on any atom is -0.355 e. The van der Waals surface area contributed by atoms with E-state index in [1.54, 1.807) is 11.8 Å². The van der Waals surface area contributed by atoms with E-state index in [4.69, 9.17) is 0 Å². The highest BCUT2D eigenvalue weighted by atomic mass is 32.2. The number of nitrogens with zero attached hydrogens (tertiary/aromatic N) is 3. The predicted octanol–water partition coefficient (Wildman–Crippen LogP) is 3.89. The number of aryl methyl sites for hydroxylation is 1. The van der Waals surface area contributed by atoms with E-state index in [0.29, 0.717) is 19.0 Å². The first-order chi connectivity index (χ1) is 16.0. The zero-order valence-electron chi connectivity index (χ0n) is 20.0. The molecule has 2 amide bonds. The number of hydrogen-bond acceptors (Lipinski definition) is 5. The molecule has 0 aliphatic heterocycles. The van der Waals surface area contributed by atoms with Gasteiger partial charge in [-0.05, 0) is 87.2 Å². The van der Waals surface area contributed by atoms with Crippen LogP contribution in [0.15, 0.2) is 5.16 Å². The normalized spacial score (nSPS) is 30.6. The summed E-state index contributed by atoms with van der Waals surface area (Å²) in [5, 5.41) is 15.6. The maximum atomic E-state index is 12.6. The van der Waals surface area contributed by atoms with E-state index in [2.05, 4.69) is 31.7 Å². The van der Waals surface area contributed by atoms with E-state index >= 15 is 0 Å². The van der Waals surface area contributed by atoms with Crippen LogP contribution < -0.4 is 10.6 Å². The molecule has 7 nitrogen and oxygen atoms in total. The smallest absolute Gasteiger partial charge is 0.239 e. The average molecular weight is 474 g/mol. The predicted molar refractivity (Wildman–Crippen MR) is 129 cm³/mol. The van der Waals surface area contributed by atoms with E-state index < -0.39 is 0 Å². The molecule has 1 aromatic heterocycles. The monoisotopic (exact) mass is 473 g/mol. The molecular weight excluding hydrogens is 434 g/mol. The lowest BCUT2D eigenvalue weighted by Gasteiger charge is -2.56. The fraction of sp³-hybridized carbons (Fsp3) is 0.840. The zero-order valence-corrected chi connectivity index (χ0v) is 20.8. The van der Waals surface area contributed by atoms with E-state index in [-0.39, 0.29) is 23.8 Å². The highest BCUT2D eigenvalue weighted by Crippen LogP contribution is 2.61. The third-order valence-electron chi connectivity index (χ3n) is 8.65. The molecule has 4 bridgehead atoms. The summed E-state index contributed by atoms with van der Waals surface area (Å²) < 4.78 is 2.32. The van der Waals surface area contributed by atoms with Crippen molar-refractivity contribution in [1.82, 2.24) is 25.4 Å². The van der Waals surface area contributed by atoms with Crippen LogP contribution in [0.1, 0.15) is 88.9 Å². The van der Waals surface area contributed by atoms with E-state index in [1.807, 2.05) is 0 Å². The number of hydrogen-bond donors (Lipinski definition) is 2. The van der Waals surface area contributed by atoms with Crippen LogP contribution in [0.2, 0.25) is 0 Å². The zero-order chi connectivity index (χ0) is 22.8. The molecule has 0 aromatic carbocycles. The molecule has 1 heterocycles. The van der Waals surface area contributed by atoms with Crippen molar-refractivity contribution in [3.8, 4) is 0 Å². The number of rotatable bonds is 10. The number of carbonyl (C=O) groups excluding carboxylic acids is 2. The lowest BCUT2D eigenvalue weighted by atomic mass is 9.49. The lowest BCUT2D eigenvalue weighted by Crippen LogP contribution is -2.48. The molecule has 0 atom stereocenters. The summed E-state index contributed by atoms with van der Waals surface area (Å²) in [5.74, 6) is 3.53. The summed E-state index contributed by atoms with van der Waals surface area (Å²) in [6, 6.07) is 0.524. The largest absolute Gasteiger partial charge is 0.355 e. The van der Waals surface area contributed by atoms with Gasteiger partial charge in [-0.3, -0.25) is 9.59 Å². The first-order valence-electron chi connectivity index (χ1n) is 13.0. The quantitative estimate of drug-likeness (QED) is 0.398. The van der Waals surface area contributed by atoms with Crippen molar-refractivity contribution in [2.45, 2.75) is 94.7 Å². The number of carbonyl (C=O) groups is 2. The summed E-state index contributed by atoms with van der Waals surface area (Å²) in [7, 11) is 0. The highest BCUT2D eigenvalue weighted by molar-refractivity contribution is 7.98. The van der Waals surface area contributed by atoms with Gasteiger partial charge in [0.1, 0.15) is 5.82 Å². The molecule has 5 saturated carbocycles. The Morgan fingerprint density at radius 3 is 2.30 bits per heavy atom. The van der Waals surface area contributed by atoms with Gasteiger partial charge in [0.15, 0.2) is 5.16 Å². The van der Waals surface area contributed by atoms with Crippen LogP contribution in [-0.2, 0) is 16.0 Å². The SMILES string of the molecule is CSc1nnc(CCCNC(=O)CNC(=O)CC23CC4CC(CC(C4)C2)C3)n1C1CCCC1. The van der Waals surface area contributed by atoms with Crippen molar-refractivity contribution in [2.75, 3.05) is 19.3 Å². The molecule has 0 unspecified atom stereocenters. The molecule has 0 radical (unpaired) electrons. The topological polar surface area (TPSA) is 88.9 Å². The number of aromatic nitrogens is 3. The lowest BCUT2D eigenvalue weighted by molar-refractivity contribution is -0.131. The average Bonchev–Trinajstić information content (AvgIpc) is 3.43. The van der Waals surface area contributed by atoms with Gasteiger partial charge >= 0.3 is 0 Å². The highest BCUT2D eigenvalue weighted by Gasteiger charge is 2.51. The van der Waals surface area contributed by atoms with Crippen LogP contribution in [0, 0.1) is 23.2 Å². The van der Waals surface area contributed by atoms with Crippen molar-refractivity contribution in [1.29, 1.82) is 0 Å². The maximum absolute atomic E-state index is 12.6. The second-order valence-electron chi connectivity index (χ2n) is 11.2. The van der Waals surface area contributed by atoms with Crippen LogP contribution >= 0.6 is 11.8 Å². The van der Waals surface area contributed by atoms with Crippen molar-refractivity contribution >= 4 is 23.6 Å². The van der Waals surface area contributed by atoms with Gasteiger partial charge in [0.05, 0.1) is 6.54 Å². The number of nitrogens with one attached hydrogen (secondary N) is 2. The Labute approximate surface area is 201 Å². The van der Waals surface area contributed by atoms with Crippen LogP contribution in [-0.4, -0.2) is 45.9 Å². The van der Waals surface area contributed by atoms with Crippen molar-refractivity contribution < 1.29 is 9.59 Å². The second kappa shape index (κ2) is 9.96. The minimum absolute atomic E-state index is 0.0568. The van der Waals surface area contributed by atoms with Gasteiger partial charge in [0.2, 0.25) is 11.8 Å². The summed E-state index contributed by atoms with van der Waals surface area (Å²) in [4.78, 5) is 24.9. The molecular formula is C25H39N5O2S. The molecule has 5 aliphatic carbocycles. The summed E-state index contributed by atoms with van der Waals surface area (Å²) in [6.45, 7) is 0.676. The summed E-state index contributed by atoms with van der Waals surface area (Å²) in [6.07, 6.45) is 17.1. The molecule has 5 aliphatic rings. The Balaban J connectivity index is 1.02. The Morgan fingerprint density at radius 1 is 1.00 bits per heavy atom. The Morgan fingerprint density at radius 2 is 1.67 bits per heavy atom. The first-order valence-corrected chi connectivity index (χ1v) is 14.3. The Kier molecular flexibility index (Phi) is 7.00. The van der Waals surface area contributed by atoms with Crippen molar-refractivity contribution in [2.24, 2.45) is 23.2 Å². The van der Waals surface area contributed by atoms with Gasteiger partial charge in [-0.2, -0.15) is 0 Å². The molecule has 8 heteroatoms. The van der Waals surface area contributed by atoms with Gasteiger partial charge in [-0.15, -0.1) is 10.2 Å². The van der Waals surface area contributed by atoms with Crippen LogP contribution in [0.3, 0.4) is 0 Å². The van der Waals surface area contributed by atoms with Crippen LogP contribution in [0.25, 0.3) is 0 Å². The van der Waals surface area contributed by atoms with Gasteiger partial charge in [0.25, 0.3) is 0 Å². The van der Waals surface area contributed by atoms with Gasteiger partial charge in [0, 0.05) is 25.4 Å². The molecule has 182 valence electrons. The summed E-state index contributed by atoms with van der Waals surface area (Å²) in [5.41, 5.74) is 0.222. The maximum Gasteiger partial charge on any atom is 0.239 e. The Bertz CT molecular complexity index is 828. The summed E-state index contributed by atoms with van der Waals surface area (Å²) >= 11 is 1.66. The molecule has 6 rings (SSSR count). The number of thioether (sulfide) groups is 1. The minimum atomic E-state index is -0.101. The molecule has 2 N–H and O–H groups in total. The van der Waals surface area contributed by atoms with Crippen molar-refractivity contribution in [3.63, 3.8) is 0 Å². The molecule has 5 fully saturated rings. The fourth-order valence-corrected chi connectivity index (χ4v) is 8.35. The molecule has 0 spiro atoms. The molecule has 33 heavy (non-hydrogen) atoms. The van der Waals surface area contributed by atoms with Crippen molar-refractivity contribution in [3.05, 3.63) is 5.82 Å². The van der Waals surface area contributed by atoms with Crippen LogP contribution in [0.4, 0.5) is 0 Å². The van der Waals surface area contributed by atoms with Gasteiger partial charge in [-0.1, -0.05) is 24.6 Å². The van der Waals surface area contributed by atoms with E-state index in [0.717, 1.165) is 41.6 Å². The van der Waals surface area contributed by atoms with Gasteiger partial charge < -0.3 is 15.2 Å². The third kappa shape index (κ3) is 5.25. The number of amides is 2. The molecule has 1 aromatic rings. The fourth-order valence-electron chi connectivity index (χ4n) is 7.77. The first kappa shape index (κ1) is 23.2. The third-order valence-corrected chi connectivity index (χ3v) is 9.30. The van der Waals surface area contributed by atoms with E-state index in [9.17, 15) is 9.59 Å². The molecule has 0 saturated heterocycles. The standard InChI is InChI=1S/C25H39N5O2S/c1-33-24-29-28-21(30(24)20-5-2-3-6-20)7-4-8-26-23(32)16-27-22(31)15-25-12-17-9-18(13-25)11-19(10-17)14-25/h17-20H,2-16H2,1H3,(H,26,32)(H,27,31). The van der Waals surface area contributed by atoms with E-state index in [1.165, 1.54) is 64.2 Å². The Hall–Kier alpha value is -1.57. The van der Waals surface area contributed by atoms with Crippen LogP contribution in [0.5, 0.6) is 0 Å². The van der Waals surface area contributed by atoms with Gasteiger partial charge in [-0.25, -0.2) is 0 Å². The second-order valence-corrected chi connectivity index (χ2v) is 12.0.